The van der Waals surface area contributed by atoms with Gasteiger partial charge in [-0.3, -0.25) is 4.90 Å². The van der Waals surface area contributed by atoms with Crippen molar-refractivity contribution in [3.05, 3.63) is 35.9 Å². The third kappa shape index (κ3) is 5.65. The van der Waals surface area contributed by atoms with E-state index in [2.05, 4.69) is 22.2 Å². The maximum Gasteiger partial charge on any atom is 0.401 e. The number of hydrogen-bond donors (Lipinski definition) is 1. The minimum absolute atomic E-state index is 0.295. The molecule has 0 aromatic heterocycles. The zero-order chi connectivity index (χ0) is 15.3. The number of benzene rings is 1. The van der Waals surface area contributed by atoms with Crippen molar-refractivity contribution >= 4 is 0 Å². The molecule has 0 bridgehead atoms. The van der Waals surface area contributed by atoms with Crippen LogP contribution in [0.15, 0.2) is 30.3 Å². The number of piperazine rings is 1. The highest BCUT2D eigenvalue weighted by atomic mass is 19.4. The monoisotopic (exact) mass is 301 g/mol. The number of halogens is 3. The van der Waals surface area contributed by atoms with E-state index in [1.807, 2.05) is 30.3 Å². The Labute approximate surface area is 123 Å². The number of rotatable bonds is 5. The standard InChI is InChI=1S/C15H22F3N3/c1-20-7-9-21(10-8-20)11-14(19-12-15(16,17)18)13-5-3-2-4-6-13/h2-6,14,19H,7-12H2,1H3/t14-/m0/s1. The second-order valence-corrected chi connectivity index (χ2v) is 5.56. The SMILES string of the molecule is CN1CCN(C[C@H](NCC(F)(F)F)c2ccccc2)CC1. The average molecular weight is 301 g/mol. The molecule has 6 heteroatoms. The van der Waals surface area contributed by atoms with E-state index in [1.54, 1.807) is 0 Å². The molecule has 1 aromatic rings. The van der Waals surface area contributed by atoms with Crippen LogP contribution in [0, 0.1) is 0 Å². The molecule has 0 unspecified atom stereocenters. The van der Waals surface area contributed by atoms with Crippen LogP contribution in [-0.2, 0) is 0 Å². The van der Waals surface area contributed by atoms with Crippen molar-refractivity contribution in [2.45, 2.75) is 12.2 Å². The van der Waals surface area contributed by atoms with Gasteiger partial charge in [-0.1, -0.05) is 30.3 Å². The molecule has 0 amide bonds. The number of nitrogens with zero attached hydrogens (tertiary/aromatic N) is 2. The Balaban J connectivity index is 1.98. The smallest absolute Gasteiger partial charge is 0.304 e. The van der Waals surface area contributed by atoms with E-state index in [9.17, 15) is 13.2 Å². The molecule has 1 saturated heterocycles. The van der Waals surface area contributed by atoms with Crippen LogP contribution in [0.4, 0.5) is 13.2 Å². The Morgan fingerprint density at radius 1 is 1.10 bits per heavy atom. The normalized spacial score (nSPS) is 19.6. The topological polar surface area (TPSA) is 18.5 Å². The molecule has 1 fully saturated rings. The van der Waals surface area contributed by atoms with Gasteiger partial charge in [-0.05, 0) is 12.6 Å². The van der Waals surface area contributed by atoms with Crippen molar-refractivity contribution in [3.63, 3.8) is 0 Å². The predicted molar refractivity (Wildman–Crippen MR) is 77.2 cm³/mol. The van der Waals surface area contributed by atoms with Crippen molar-refractivity contribution in [1.82, 2.24) is 15.1 Å². The van der Waals surface area contributed by atoms with E-state index in [0.29, 0.717) is 6.54 Å². The van der Waals surface area contributed by atoms with Gasteiger partial charge in [0.25, 0.3) is 0 Å². The summed E-state index contributed by atoms with van der Waals surface area (Å²) < 4.78 is 37.4. The van der Waals surface area contributed by atoms with Gasteiger partial charge in [0.2, 0.25) is 0 Å². The van der Waals surface area contributed by atoms with Gasteiger partial charge in [-0.25, -0.2) is 0 Å². The van der Waals surface area contributed by atoms with Crippen LogP contribution >= 0.6 is 0 Å². The molecule has 2 rings (SSSR count). The van der Waals surface area contributed by atoms with Crippen LogP contribution in [0.25, 0.3) is 0 Å². The van der Waals surface area contributed by atoms with Crippen molar-refractivity contribution < 1.29 is 13.2 Å². The van der Waals surface area contributed by atoms with E-state index in [0.717, 1.165) is 31.7 Å². The lowest BCUT2D eigenvalue weighted by Gasteiger charge is -2.35. The first kappa shape index (κ1) is 16.3. The van der Waals surface area contributed by atoms with E-state index in [1.165, 1.54) is 0 Å². The Morgan fingerprint density at radius 3 is 2.29 bits per heavy atom. The second kappa shape index (κ2) is 7.24. The van der Waals surface area contributed by atoms with Crippen LogP contribution in [0.5, 0.6) is 0 Å². The molecule has 21 heavy (non-hydrogen) atoms. The lowest BCUT2D eigenvalue weighted by Crippen LogP contribution is -2.48. The summed E-state index contributed by atoms with van der Waals surface area (Å²) in [6.45, 7) is 3.36. The molecule has 0 radical (unpaired) electrons. The van der Waals surface area contributed by atoms with Crippen LogP contribution in [0.1, 0.15) is 11.6 Å². The molecule has 118 valence electrons. The third-order valence-corrected chi connectivity index (χ3v) is 3.79. The Bertz CT molecular complexity index is 414. The summed E-state index contributed by atoms with van der Waals surface area (Å²) in [4.78, 5) is 4.46. The molecule has 0 spiro atoms. The molecule has 1 aromatic carbocycles. The molecule has 0 saturated carbocycles. The molecule has 1 N–H and O–H groups in total. The van der Waals surface area contributed by atoms with Gasteiger partial charge in [0.15, 0.2) is 0 Å². The van der Waals surface area contributed by atoms with Crippen molar-refractivity contribution in [1.29, 1.82) is 0 Å². The number of alkyl halides is 3. The lowest BCUT2D eigenvalue weighted by atomic mass is 10.1. The van der Waals surface area contributed by atoms with Crippen LogP contribution in [-0.4, -0.2) is 62.3 Å². The maximum atomic E-state index is 12.5. The lowest BCUT2D eigenvalue weighted by molar-refractivity contribution is -0.126. The summed E-state index contributed by atoms with van der Waals surface area (Å²) in [5, 5.41) is 2.65. The highest BCUT2D eigenvalue weighted by molar-refractivity contribution is 5.19. The van der Waals surface area contributed by atoms with Crippen molar-refractivity contribution in [2.75, 3.05) is 46.3 Å². The van der Waals surface area contributed by atoms with Crippen LogP contribution < -0.4 is 5.32 Å². The minimum Gasteiger partial charge on any atom is -0.304 e. The molecule has 1 aliphatic rings. The quantitative estimate of drug-likeness (QED) is 0.899. The molecule has 3 nitrogen and oxygen atoms in total. The summed E-state index contributed by atoms with van der Waals surface area (Å²) in [6, 6.07) is 9.06. The summed E-state index contributed by atoms with van der Waals surface area (Å²) >= 11 is 0. The second-order valence-electron chi connectivity index (χ2n) is 5.56. The van der Waals surface area contributed by atoms with Crippen molar-refractivity contribution in [2.24, 2.45) is 0 Å². The summed E-state index contributed by atoms with van der Waals surface area (Å²) in [6.07, 6.45) is -4.19. The van der Waals surface area contributed by atoms with Crippen LogP contribution in [0.2, 0.25) is 0 Å². The number of likely N-dealkylation sites (N-methyl/N-ethyl adjacent to an activating group) is 1. The minimum atomic E-state index is -4.19. The van der Waals surface area contributed by atoms with Gasteiger partial charge in [0.05, 0.1) is 6.54 Å². The van der Waals surface area contributed by atoms with Gasteiger partial charge >= 0.3 is 6.18 Å². The Hall–Kier alpha value is -1.11. The first-order chi connectivity index (χ1) is 9.94. The molecule has 0 aliphatic carbocycles. The van der Waals surface area contributed by atoms with Gasteiger partial charge in [0, 0.05) is 38.8 Å². The summed E-state index contributed by atoms with van der Waals surface area (Å²) in [5.41, 5.74) is 0.903. The fourth-order valence-corrected chi connectivity index (χ4v) is 2.50. The van der Waals surface area contributed by atoms with Crippen LogP contribution in [0.3, 0.4) is 0 Å². The maximum absolute atomic E-state index is 12.5. The molecular formula is C15H22F3N3. The van der Waals surface area contributed by atoms with Gasteiger partial charge < -0.3 is 10.2 Å². The fourth-order valence-electron chi connectivity index (χ4n) is 2.50. The van der Waals surface area contributed by atoms with Gasteiger partial charge in [-0.15, -0.1) is 0 Å². The largest absolute Gasteiger partial charge is 0.401 e. The summed E-state index contributed by atoms with van der Waals surface area (Å²) in [7, 11) is 2.06. The zero-order valence-electron chi connectivity index (χ0n) is 12.2. The molecule has 1 aliphatic heterocycles. The molecule has 1 atom stereocenters. The van der Waals surface area contributed by atoms with E-state index < -0.39 is 12.7 Å². The zero-order valence-corrected chi connectivity index (χ0v) is 12.2. The highest BCUT2D eigenvalue weighted by Gasteiger charge is 2.29. The Morgan fingerprint density at radius 2 is 1.71 bits per heavy atom. The number of nitrogens with one attached hydrogen (secondary N) is 1. The summed E-state index contributed by atoms with van der Waals surface area (Å²) in [5.74, 6) is 0. The number of hydrogen-bond acceptors (Lipinski definition) is 3. The van der Waals surface area contributed by atoms with E-state index in [4.69, 9.17) is 0 Å². The Kier molecular flexibility index (Phi) is 5.61. The first-order valence-corrected chi connectivity index (χ1v) is 7.20. The van der Waals surface area contributed by atoms with E-state index >= 15 is 0 Å². The average Bonchev–Trinajstić information content (AvgIpc) is 2.45. The fraction of sp³-hybridized carbons (Fsp3) is 0.600. The third-order valence-electron chi connectivity index (χ3n) is 3.79. The highest BCUT2D eigenvalue weighted by Crippen LogP contribution is 2.19. The molecular weight excluding hydrogens is 279 g/mol. The first-order valence-electron chi connectivity index (χ1n) is 7.20. The van der Waals surface area contributed by atoms with Crippen molar-refractivity contribution in [3.8, 4) is 0 Å². The van der Waals surface area contributed by atoms with E-state index in [-0.39, 0.29) is 6.04 Å². The predicted octanol–water partition coefficient (Wildman–Crippen LogP) is 2.13. The van der Waals surface area contributed by atoms with Gasteiger partial charge in [-0.2, -0.15) is 13.2 Å². The molecule has 1 heterocycles. The van der Waals surface area contributed by atoms with Gasteiger partial charge in [0.1, 0.15) is 0 Å².